The third-order valence-electron chi connectivity index (χ3n) is 3.51. The summed E-state index contributed by atoms with van der Waals surface area (Å²) in [4.78, 5) is 27.7. The smallest absolute Gasteiger partial charge is 0.356 e. The number of ether oxygens (including phenoxy) is 1. The van der Waals surface area contributed by atoms with E-state index in [4.69, 9.17) is 16.3 Å². The summed E-state index contributed by atoms with van der Waals surface area (Å²) >= 11 is 5.93. The van der Waals surface area contributed by atoms with Crippen LogP contribution in [0.15, 0.2) is 48.5 Å². The first kappa shape index (κ1) is 16.1. The summed E-state index contributed by atoms with van der Waals surface area (Å²) < 4.78 is 5.06. The maximum Gasteiger partial charge on any atom is 0.356 e. The Kier molecular flexibility index (Phi) is 4.53. The highest BCUT2D eigenvalue weighted by atomic mass is 35.5. The Hall–Kier alpha value is -2.79. The number of esters is 1. The van der Waals surface area contributed by atoms with E-state index in [1.54, 1.807) is 31.2 Å². The summed E-state index contributed by atoms with van der Waals surface area (Å²) in [5, 5.41) is 3.98. The average molecular weight is 343 g/mol. The summed E-state index contributed by atoms with van der Waals surface area (Å²) in [7, 11) is 0. The van der Waals surface area contributed by atoms with E-state index >= 15 is 0 Å². The summed E-state index contributed by atoms with van der Waals surface area (Å²) in [5.74, 6) is -0.872. The number of halogens is 1. The molecular formula is C18H15ClN2O3. The molecule has 0 unspecified atom stereocenters. The number of anilines is 1. The largest absolute Gasteiger partial charge is 0.461 e. The highest BCUT2D eigenvalue weighted by Crippen LogP contribution is 2.29. The monoisotopic (exact) mass is 342 g/mol. The topological polar surface area (TPSA) is 71.2 Å². The van der Waals surface area contributed by atoms with Gasteiger partial charge in [-0.1, -0.05) is 35.9 Å². The summed E-state index contributed by atoms with van der Waals surface area (Å²) in [6.45, 7) is 1.97. The van der Waals surface area contributed by atoms with E-state index in [2.05, 4.69) is 10.3 Å². The highest BCUT2D eigenvalue weighted by Gasteiger charge is 2.21. The van der Waals surface area contributed by atoms with Gasteiger partial charge < -0.3 is 15.0 Å². The molecule has 3 rings (SSSR count). The lowest BCUT2D eigenvalue weighted by Crippen LogP contribution is -2.15. The van der Waals surface area contributed by atoms with E-state index in [0.717, 1.165) is 10.9 Å². The molecule has 0 aliphatic carbocycles. The van der Waals surface area contributed by atoms with Gasteiger partial charge in [-0.05, 0) is 31.2 Å². The van der Waals surface area contributed by atoms with Crippen LogP contribution in [-0.2, 0) is 4.74 Å². The fraction of sp³-hybridized carbons (Fsp3) is 0.111. The van der Waals surface area contributed by atoms with Crippen LogP contribution in [0.5, 0.6) is 0 Å². The molecule has 5 nitrogen and oxygen atoms in total. The zero-order chi connectivity index (χ0) is 17.1. The van der Waals surface area contributed by atoms with Gasteiger partial charge in [0.25, 0.3) is 5.91 Å². The third kappa shape index (κ3) is 3.12. The van der Waals surface area contributed by atoms with Crippen LogP contribution in [-0.4, -0.2) is 23.5 Å². The second kappa shape index (κ2) is 6.76. The molecule has 0 bridgehead atoms. The van der Waals surface area contributed by atoms with Crippen molar-refractivity contribution in [2.75, 3.05) is 11.9 Å². The number of rotatable bonds is 4. The molecule has 0 saturated carbocycles. The molecule has 0 aliphatic rings. The van der Waals surface area contributed by atoms with Crippen molar-refractivity contribution in [3.05, 3.63) is 64.8 Å². The van der Waals surface area contributed by atoms with Crippen molar-refractivity contribution in [2.45, 2.75) is 6.92 Å². The Labute approximate surface area is 143 Å². The summed E-state index contributed by atoms with van der Waals surface area (Å²) in [6, 6.07) is 13.9. The number of nitrogens with one attached hydrogen (secondary N) is 2. The van der Waals surface area contributed by atoms with Gasteiger partial charge in [-0.2, -0.15) is 0 Å². The van der Waals surface area contributed by atoms with Crippen LogP contribution < -0.4 is 5.32 Å². The normalized spacial score (nSPS) is 10.6. The lowest BCUT2D eigenvalue weighted by Gasteiger charge is -2.07. The molecule has 1 aromatic heterocycles. The SMILES string of the molecule is CCOC(=O)c1[nH]c2ccccc2c1NC(=O)c1cccc(Cl)c1. The fourth-order valence-corrected chi connectivity index (χ4v) is 2.63. The standard InChI is InChI=1S/C18H15ClN2O3/c1-2-24-18(23)16-15(13-8-3-4-9-14(13)20-16)21-17(22)11-6-5-7-12(19)10-11/h3-10,20H,2H2,1H3,(H,21,22). The van der Waals surface area contributed by atoms with Gasteiger partial charge in [0.1, 0.15) is 5.69 Å². The van der Waals surface area contributed by atoms with E-state index in [1.807, 2.05) is 24.3 Å². The molecule has 24 heavy (non-hydrogen) atoms. The van der Waals surface area contributed by atoms with Gasteiger partial charge >= 0.3 is 5.97 Å². The Bertz CT molecular complexity index is 918. The van der Waals surface area contributed by atoms with Crippen LogP contribution >= 0.6 is 11.6 Å². The van der Waals surface area contributed by atoms with Gasteiger partial charge in [0, 0.05) is 21.5 Å². The number of aromatic nitrogens is 1. The van der Waals surface area contributed by atoms with E-state index in [0.29, 0.717) is 16.3 Å². The minimum atomic E-state index is -0.518. The maximum absolute atomic E-state index is 12.5. The van der Waals surface area contributed by atoms with Crippen LogP contribution in [0.2, 0.25) is 5.02 Å². The number of carbonyl (C=O) groups is 2. The van der Waals surface area contributed by atoms with Gasteiger partial charge in [-0.25, -0.2) is 4.79 Å². The van der Waals surface area contributed by atoms with Crippen molar-refractivity contribution >= 4 is 40.1 Å². The van der Waals surface area contributed by atoms with E-state index in [-0.39, 0.29) is 18.2 Å². The summed E-state index contributed by atoms with van der Waals surface area (Å²) in [5.41, 5.74) is 1.76. The molecule has 0 radical (unpaired) electrons. The Morgan fingerprint density at radius 3 is 2.71 bits per heavy atom. The zero-order valence-corrected chi connectivity index (χ0v) is 13.7. The number of hydrogen-bond acceptors (Lipinski definition) is 3. The van der Waals surface area contributed by atoms with Crippen LogP contribution in [0, 0.1) is 0 Å². The number of fused-ring (bicyclic) bond motifs is 1. The van der Waals surface area contributed by atoms with Gasteiger partial charge in [0.15, 0.2) is 0 Å². The number of hydrogen-bond donors (Lipinski definition) is 2. The number of aromatic amines is 1. The minimum absolute atomic E-state index is 0.216. The Balaban J connectivity index is 2.02. The molecular weight excluding hydrogens is 328 g/mol. The van der Waals surface area contributed by atoms with Crippen LogP contribution in [0.4, 0.5) is 5.69 Å². The van der Waals surface area contributed by atoms with Crippen molar-refractivity contribution in [3.63, 3.8) is 0 Å². The molecule has 0 spiro atoms. The van der Waals surface area contributed by atoms with Crippen LogP contribution in [0.25, 0.3) is 10.9 Å². The zero-order valence-electron chi connectivity index (χ0n) is 12.9. The van der Waals surface area contributed by atoms with Crippen molar-refractivity contribution in [1.29, 1.82) is 0 Å². The highest BCUT2D eigenvalue weighted by molar-refractivity contribution is 6.31. The van der Waals surface area contributed by atoms with Crippen molar-refractivity contribution < 1.29 is 14.3 Å². The van der Waals surface area contributed by atoms with E-state index in [1.165, 1.54) is 0 Å². The maximum atomic E-state index is 12.5. The Morgan fingerprint density at radius 1 is 1.17 bits per heavy atom. The average Bonchev–Trinajstić information content (AvgIpc) is 2.94. The molecule has 0 atom stereocenters. The quantitative estimate of drug-likeness (QED) is 0.696. The van der Waals surface area contributed by atoms with Crippen molar-refractivity contribution in [1.82, 2.24) is 4.98 Å². The fourth-order valence-electron chi connectivity index (χ4n) is 2.44. The third-order valence-corrected chi connectivity index (χ3v) is 3.75. The van der Waals surface area contributed by atoms with Gasteiger partial charge in [-0.15, -0.1) is 0 Å². The van der Waals surface area contributed by atoms with Gasteiger partial charge in [0.2, 0.25) is 0 Å². The molecule has 2 N–H and O–H groups in total. The molecule has 0 aliphatic heterocycles. The van der Waals surface area contributed by atoms with Crippen molar-refractivity contribution in [2.24, 2.45) is 0 Å². The Morgan fingerprint density at radius 2 is 1.96 bits per heavy atom. The molecule has 122 valence electrons. The minimum Gasteiger partial charge on any atom is -0.461 e. The van der Waals surface area contributed by atoms with E-state index in [9.17, 15) is 9.59 Å². The van der Waals surface area contributed by atoms with Gasteiger partial charge in [-0.3, -0.25) is 4.79 Å². The number of carbonyl (C=O) groups excluding carboxylic acids is 2. The van der Waals surface area contributed by atoms with Gasteiger partial charge in [0.05, 0.1) is 12.3 Å². The second-order valence-electron chi connectivity index (χ2n) is 5.11. The lowest BCUT2D eigenvalue weighted by atomic mass is 10.2. The molecule has 0 fully saturated rings. The van der Waals surface area contributed by atoms with Crippen LogP contribution in [0.1, 0.15) is 27.8 Å². The molecule has 6 heteroatoms. The number of benzene rings is 2. The first-order chi connectivity index (χ1) is 11.6. The number of H-pyrrole nitrogens is 1. The number of amides is 1. The first-order valence-corrected chi connectivity index (χ1v) is 7.82. The lowest BCUT2D eigenvalue weighted by molar-refractivity contribution is 0.0522. The van der Waals surface area contributed by atoms with Crippen molar-refractivity contribution in [3.8, 4) is 0 Å². The molecule has 2 aromatic carbocycles. The summed E-state index contributed by atoms with van der Waals surface area (Å²) in [6.07, 6.45) is 0. The molecule has 0 saturated heterocycles. The van der Waals surface area contributed by atoms with Crippen LogP contribution in [0.3, 0.4) is 0 Å². The van der Waals surface area contributed by atoms with E-state index < -0.39 is 5.97 Å². The number of para-hydroxylation sites is 1. The predicted molar refractivity (Wildman–Crippen MR) is 93.7 cm³/mol. The molecule has 1 heterocycles. The molecule has 3 aromatic rings. The predicted octanol–water partition coefficient (Wildman–Crippen LogP) is 4.25. The second-order valence-corrected chi connectivity index (χ2v) is 5.54. The molecule has 1 amide bonds. The first-order valence-electron chi connectivity index (χ1n) is 7.45.